The number of benzene rings is 13. The van der Waals surface area contributed by atoms with Crippen LogP contribution in [-0.4, -0.2) is 0 Å². The second-order valence-corrected chi connectivity index (χ2v) is 22.2. The summed E-state index contributed by atoms with van der Waals surface area (Å²) >= 11 is 0. The van der Waals surface area contributed by atoms with Crippen LogP contribution in [-0.2, 0) is 16.2 Å². The number of hydrogen-bond acceptors (Lipinski definition) is 1. The van der Waals surface area contributed by atoms with Gasteiger partial charge >= 0.3 is 0 Å². The Kier molecular flexibility index (Phi) is 11.0. The van der Waals surface area contributed by atoms with Crippen molar-refractivity contribution in [1.29, 1.82) is 0 Å². The minimum absolute atomic E-state index is 0.480. The summed E-state index contributed by atoms with van der Waals surface area (Å²) in [6.07, 6.45) is 0. The largest absolute Gasteiger partial charge is 0.310 e. The first-order valence-electron chi connectivity index (χ1n) is 28.7. The number of rotatable bonds is 9. The van der Waals surface area contributed by atoms with Crippen LogP contribution in [0.15, 0.2) is 334 Å². The van der Waals surface area contributed by atoms with Crippen molar-refractivity contribution in [3.63, 3.8) is 0 Å². The van der Waals surface area contributed by atoms with Crippen molar-refractivity contribution in [2.75, 3.05) is 4.90 Å². The summed E-state index contributed by atoms with van der Waals surface area (Å²) in [5, 5.41) is 0. The molecule has 13 aromatic carbocycles. The molecule has 0 unspecified atom stereocenters. The normalized spacial score (nSPS) is 13.6. The maximum atomic E-state index is 2.51. The molecule has 0 saturated heterocycles. The molecule has 1 heteroatoms. The number of hydrogen-bond donors (Lipinski definition) is 0. The topological polar surface area (TPSA) is 3.24 Å². The third kappa shape index (κ3) is 6.81. The van der Waals surface area contributed by atoms with Gasteiger partial charge in [0.1, 0.15) is 0 Å². The molecule has 0 saturated carbocycles. The molecule has 0 bridgehead atoms. The molecule has 0 radical (unpaired) electrons. The molecular weight excluding hydrogens is 987 g/mol. The lowest BCUT2D eigenvalue weighted by Crippen LogP contribution is -2.43. The number of nitrogens with zero attached hydrogens (tertiary/aromatic N) is 1. The van der Waals surface area contributed by atoms with Crippen LogP contribution in [0.25, 0.3) is 44.5 Å². The maximum absolute atomic E-state index is 2.51. The average Bonchev–Trinajstić information content (AvgIpc) is 1.78. The Hall–Kier alpha value is -10.3. The Morgan fingerprint density at radius 1 is 0.195 bits per heavy atom. The number of anilines is 3. The van der Waals surface area contributed by atoms with Gasteiger partial charge in [-0.25, -0.2) is 0 Å². The smallest absolute Gasteiger partial charge is 0.0720 e. The minimum Gasteiger partial charge on any atom is -0.310 e. The summed E-state index contributed by atoms with van der Waals surface area (Å²) in [5.41, 5.74) is 27.3. The molecule has 0 heterocycles. The van der Waals surface area contributed by atoms with Crippen LogP contribution in [0.2, 0.25) is 0 Å². The quantitative estimate of drug-likeness (QED) is 0.130. The summed E-state index contributed by atoms with van der Waals surface area (Å²) in [6, 6.07) is 124. The standard InChI is InChI=1S/C81H55N/c1-5-25-60(26-6-1)79(61-27-7-2-8-28-61,62-29-9-3-10-30-62)63-49-44-56(45-50-63)58-24-23-33-66(54-58)82(64-31-11-4-12-32-64)65-51-46-57(47-52-65)59-48-53-70-69-36-15-18-39-73(69)81(78(70)55-59)76-42-21-19-40-74(76)80(75-41-20-22-43-77(75)81)71-37-16-13-34-67(71)68-35-14-17-38-72(68)80/h1-55H. The second-order valence-electron chi connectivity index (χ2n) is 22.2. The van der Waals surface area contributed by atoms with Gasteiger partial charge in [-0.15, -0.1) is 0 Å². The number of para-hydroxylation sites is 1. The van der Waals surface area contributed by atoms with E-state index >= 15 is 0 Å². The monoisotopic (exact) mass is 1040 g/mol. The molecular formula is C81H55N. The summed E-state index contributed by atoms with van der Waals surface area (Å²) < 4.78 is 0. The molecule has 0 fully saturated rings. The zero-order chi connectivity index (χ0) is 54.2. The van der Waals surface area contributed by atoms with Crippen molar-refractivity contribution < 1.29 is 0 Å². The van der Waals surface area contributed by atoms with E-state index in [2.05, 4.69) is 339 Å². The molecule has 3 aliphatic carbocycles. The van der Waals surface area contributed by atoms with Crippen LogP contribution in [0.4, 0.5) is 17.1 Å². The summed E-state index contributed by atoms with van der Waals surface area (Å²) in [7, 11) is 0. The Labute approximate surface area is 480 Å². The molecule has 0 aromatic heterocycles. The van der Waals surface area contributed by atoms with Crippen LogP contribution in [0.3, 0.4) is 0 Å². The fourth-order valence-corrected chi connectivity index (χ4v) is 15.0. The van der Waals surface area contributed by atoms with E-state index in [0.29, 0.717) is 0 Å². The van der Waals surface area contributed by atoms with Crippen LogP contribution in [0.5, 0.6) is 0 Å². The highest BCUT2D eigenvalue weighted by atomic mass is 15.1. The lowest BCUT2D eigenvalue weighted by Gasteiger charge is -2.48. The zero-order valence-electron chi connectivity index (χ0n) is 45.2. The highest BCUT2D eigenvalue weighted by Crippen LogP contribution is 2.67. The van der Waals surface area contributed by atoms with Gasteiger partial charge < -0.3 is 4.90 Å². The van der Waals surface area contributed by atoms with Crippen molar-refractivity contribution in [1.82, 2.24) is 0 Å². The highest BCUT2D eigenvalue weighted by Gasteiger charge is 2.59. The first-order valence-corrected chi connectivity index (χ1v) is 28.7. The van der Waals surface area contributed by atoms with E-state index < -0.39 is 16.2 Å². The van der Waals surface area contributed by atoms with Gasteiger partial charge in [-0.3, -0.25) is 0 Å². The Bertz CT molecular complexity index is 4350. The van der Waals surface area contributed by atoms with E-state index in [9.17, 15) is 0 Å². The molecule has 16 rings (SSSR count). The van der Waals surface area contributed by atoms with Gasteiger partial charge in [-0.05, 0) is 154 Å². The van der Waals surface area contributed by atoms with Gasteiger partial charge in [0.15, 0.2) is 0 Å². The summed E-state index contributed by atoms with van der Waals surface area (Å²) in [5.74, 6) is 0. The van der Waals surface area contributed by atoms with Crippen LogP contribution in [0, 0.1) is 0 Å². The lowest BCUT2D eigenvalue weighted by atomic mass is 9.52. The van der Waals surface area contributed by atoms with E-state index in [1.807, 2.05) is 0 Å². The SMILES string of the molecule is c1ccc(N(c2ccc(-c3ccc4c(c3)C3(c5ccccc5-4)c4ccccc4C4(c5ccccc5-c5ccccc54)c4ccccc43)cc2)c2cccc(-c3ccc(C(c4ccccc4)(c4ccccc4)c4ccccc4)cc3)c2)cc1. The first kappa shape index (κ1) is 47.6. The van der Waals surface area contributed by atoms with E-state index in [0.717, 1.165) is 28.2 Å². The van der Waals surface area contributed by atoms with Crippen molar-refractivity contribution in [2.45, 2.75) is 16.2 Å². The Morgan fingerprint density at radius 2 is 0.512 bits per heavy atom. The first-order chi connectivity index (χ1) is 40.7. The van der Waals surface area contributed by atoms with Gasteiger partial charge in [0.05, 0.1) is 16.2 Å². The fourth-order valence-electron chi connectivity index (χ4n) is 15.0. The van der Waals surface area contributed by atoms with Gasteiger partial charge in [0.25, 0.3) is 0 Å². The summed E-state index contributed by atoms with van der Waals surface area (Å²) in [4.78, 5) is 2.38. The van der Waals surface area contributed by atoms with Crippen molar-refractivity contribution >= 4 is 17.1 Å². The van der Waals surface area contributed by atoms with E-state index in [1.54, 1.807) is 0 Å². The average molecular weight is 1040 g/mol. The highest BCUT2D eigenvalue weighted by molar-refractivity contribution is 5.95. The molecule has 3 aliphatic rings. The van der Waals surface area contributed by atoms with Crippen LogP contribution >= 0.6 is 0 Å². The third-order valence-corrected chi connectivity index (χ3v) is 18.3. The molecule has 82 heavy (non-hydrogen) atoms. The molecule has 0 atom stereocenters. The fraction of sp³-hybridized carbons (Fsp3) is 0.0370. The molecule has 0 aliphatic heterocycles. The molecule has 1 nitrogen and oxygen atoms in total. The van der Waals surface area contributed by atoms with Crippen molar-refractivity contribution in [3.8, 4) is 44.5 Å². The van der Waals surface area contributed by atoms with E-state index in [1.165, 1.54) is 100 Å². The van der Waals surface area contributed by atoms with E-state index in [-0.39, 0.29) is 0 Å². The predicted molar refractivity (Wildman–Crippen MR) is 338 cm³/mol. The molecule has 0 amide bonds. The van der Waals surface area contributed by atoms with Crippen molar-refractivity contribution in [3.05, 3.63) is 400 Å². The Morgan fingerprint density at radius 3 is 0.976 bits per heavy atom. The van der Waals surface area contributed by atoms with Crippen molar-refractivity contribution in [2.24, 2.45) is 0 Å². The Balaban J connectivity index is 0.795. The van der Waals surface area contributed by atoms with E-state index in [4.69, 9.17) is 0 Å². The van der Waals surface area contributed by atoms with Crippen LogP contribution in [0.1, 0.15) is 66.8 Å². The van der Waals surface area contributed by atoms with Gasteiger partial charge in [0.2, 0.25) is 0 Å². The molecule has 2 spiro atoms. The van der Waals surface area contributed by atoms with Gasteiger partial charge in [-0.1, -0.05) is 291 Å². The van der Waals surface area contributed by atoms with Gasteiger partial charge in [0, 0.05) is 17.1 Å². The third-order valence-electron chi connectivity index (χ3n) is 18.3. The minimum atomic E-state index is -0.558. The van der Waals surface area contributed by atoms with Gasteiger partial charge in [-0.2, -0.15) is 0 Å². The predicted octanol–water partition coefficient (Wildman–Crippen LogP) is 19.9. The lowest BCUT2D eigenvalue weighted by molar-refractivity contribution is 0.633. The maximum Gasteiger partial charge on any atom is 0.0720 e. The molecule has 0 N–H and O–H groups in total. The zero-order valence-corrected chi connectivity index (χ0v) is 45.2. The molecule has 384 valence electrons. The summed E-state index contributed by atoms with van der Waals surface area (Å²) in [6.45, 7) is 0. The van der Waals surface area contributed by atoms with Crippen LogP contribution < -0.4 is 4.90 Å². The second kappa shape index (κ2) is 18.9. The molecule has 13 aromatic rings. The number of fused-ring (bicyclic) bond motifs is 16.